The molecule has 2 aromatic carbocycles. The van der Waals surface area contributed by atoms with Gasteiger partial charge in [0.25, 0.3) is 0 Å². The first kappa shape index (κ1) is 12.0. The first-order valence-corrected chi connectivity index (χ1v) is 6.19. The van der Waals surface area contributed by atoms with Crippen LogP contribution >= 0.6 is 11.6 Å². The quantitative estimate of drug-likeness (QED) is 0.806. The van der Waals surface area contributed by atoms with Crippen LogP contribution in [0.1, 0.15) is 18.1 Å². The Balaban J connectivity index is 2.25. The third-order valence-corrected chi connectivity index (χ3v) is 3.10. The molecule has 0 saturated carbocycles. The molecule has 0 aliphatic carbocycles. The molecule has 0 bridgehead atoms. The van der Waals surface area contributed by atoms with E-state index in [1.165, 1.54) is 11.1 Å². The molecule has 0 aromatic heterocycles. The van der Waals surface area contributed by atoms with Crippen LogP contribution in [0.5, 0.6) is 0 Å². The third-order valence-electron chi connectivity index (χ3n) is 2.77. The zero-order valence-electron chi connectivity index (χ0n) is 10.1. The molecule has 0 fully saturated rings. The van der Waals surface area contributed by atoms with E-state index in [1.807, 2.05) is 6.07 Å². The molecule has 2 rings (SSSR count). The standard InChI is InChI=1S/C15H16ClN/c1-3-12-6-9-14(16)15(10-12)17-13-7-4-11(2)5-8-13/h4-10,17H,3H2,1-2H3. The normalized spacial score (nSPS) is 10.3. The van der Waals surface area contributed by atoms with Crippen molar-refractivity contribution < 1.29 is 0 Å². The molecule has 0 unspecified atom stereocenters. The predicted octanol–water partition coefficient (Wildman–Crippen LogP) is 4.95. The lowest BCUT2D eigenvalue weighted by atomic mass is 10.1. The number of rotatable bonds is 3. The summed E-state index contributed by atoms with van der Waals surface area (Å²) >= 11 is 6.17. The summed E-state index contributed by atoms with van der Waals surface area (Å²) in [5, 5.41) is 4.09. The van der Waals surface area contributed by atoms with E-state index in [-0.39, 0.29) is 0 Å². The topological polar surface area (TPSA) is 12.0 Å². The molecular formula is C15H16ClN. The van der Waals surface area contributed by atoms with Gasteiger partial charge in [0.15, 0.2) is 0 Å². The Labute approximate surface area is 107 Å². The average Bonchev–Trinajstić information content (AvgIpc) is 2.35. The maximum atomic E-state index is 6.17. The molecule has 17 heavy (non-hydrogen) atoms. The van der Waals surface area contributed by atoms with E-state index in [0.29, 0.717) is 0 Å². The van der Waals surface area contributed by atoms with Gasteiger partial charge in [0.05, 0.1) is 10.7 Å². The lowest BCUT2D eigenvalue weighted by Gasteiger charge is -2.10. The largest absolute Gasteiger partial charge is 0.354 e. The predicted molar refractivity (Wildman–Crippen MR) is 75.3 cm³/mol. The van der Waals surface area contributed by atoms with E-state index in [9.17, 15) is 0 Å². The number of benzene rings is 2. The zero-order chi connectivity index (χ0) is 12.3. The van der Waals surface area contributed by atoms with Gasteiger partial charge in [-0.05, 0) is 43.2 Å². The van der Waals surface area contributed by atoms with Crippen LogP contribution in [0.2, 0.25) is 5.02 Å². The van der Waals surface area contributed by atoms with E-state index in [1.54, 1.807) is 0 Å². The lowest BCUT2D eigenvalue weighted by Crippen LogP contribution is -1.92. The third kappa shape index (κ3) is 3.01. The molecule has 0 amide bonds. The Bertz CT molecular complexity index is 503. The minimum atomic E-state index is 0.753. The fraction of sp³-hybridized carbons (Fsp3) is 0.200. The van der Waals surface area contributed by atoms with Crippen LogP contribution < -0.4 is 5.32 Å². The Hall–Kier alpha value is -1.47. The second-order valence-corrected chi connectivity index (χ2v) is 4.57. The van der Waals surface area contributed by atoms with Gasteiger partial charge in [-0.25, -0.2) is 0 Å². The van der Waals surface area contributed by atoms with Crippen molar-refractivity contribution >= 4 is 23.0 Å². The molecule has 0 atom stereocenters. The summed E-state index contributed by atoms with van der Waals surface area (Å²) in [6.45, 7) is 4.22. The Kier molecular flexibility index (Phi) is 3.70. The minimum Gasteiger partial charge on any atom is -0.354 e. The summed E-state index contributed by atoms with van der Waals surface area (Å²) in [5.74, 6) is 0. The fourth-order valence-electron chi connectivity index (χ4n) is 1.68. The lowest BCUT2D eigenvalue weighted by molar-refractivity contribution is 1.14. The van der Waals surface area contributed by atoms with Gasteiger partial charge in [0.2, 0.25) is 0 Å². The Morgan fingerprint density at radius 1 is 1.06 bits per heavy atom. The average molecular weight is 246 g/mol. The molecule has 0 heterocycles. The van der Waals surface area contributed by atoms with Gasteiger partial charge in [0, 0.05) is 5.69 Å². The van der Waals surface area contributed by atoms with E-state index in [0.717, 1.165) is 22.8 Å². The molecule has 0 spiro atoms. The van der Waals surface area contributed by atoms with Gasteiger partial charge in [-0.3, -0.25) is 0 Å². The maximum Gasteiger partial charge on any atom is 0.0641 e. The van der Waals surface area contributed by atoms with Crippen molar-refractivity contribution in [2.24, 2.45) is 0 Å². The van der Waals surface area contributed by atoms with Gasteiger partial charge >= 0.3 is 0 Å². The van der Waals surface area contributed by atoms with Crippen LogP contribution in [-0.2, 0) is 6.42 Å². The monoisotopic (exact) mass is 245 g/mol. The number of hydrogen-bond donors (Lipinski definition) is 1. The van der Waals surface area contributed by atoms with Crippen LogP contribution in [0.4, 0.5) is 11.4 Å². The zero-order valence-corrected chi connectivity index (χ0v) is 10.9. The van der Waals surface area contributed by atoms with E-state index < -0.39 is 0 Å². The van der Waals surface area contributed by atoms with Gasteiger partial charge in [-0.2, -0.15) is 0 Å². The summed E-state index contributed by atoms with van der Waals surface area (Å²) in [6.07, 6.45) is 1.01. The summed E-state index contributed by atoms with van der Waals surface area (Å²) < 4.78 is 0. The molecule has 2 heteroatoms. The fourth-order valence-corrected chi connectivity index (χ4v) is 1.85. The van der Waals surface area contributed by atoms with Crippen LogP contribution in [0.25, 0.3) is 0 Å². The summed E-state index contributed by atoms with van der Waals surface area (Å²) in [5.41, 5.74) is 4.56. The van der Waals surface area contributed by atoms with Crippen molar-refractivity contribution in [3.8, 4) is 0 Å². The van der Waals surface area contributed by atoms with E-state index in [4.69, 9.17) is 11.6 Å². The van der Waals surface area contributed by atoms with E-state index in [2.05, 4.69) is 55.6 Å². The van der Waals surface area contributed by atoms with E-state index >= 15 is 0 Å². The molecule has 1 nitrogen and oxygen atoms in total. The number of nitrogens with one attached hydrogen (secondary N) is 1. The van der Waals surface area contributed by atoms with Gasteiger partial charge in [0.1, 0.15) is 0 Å². The van der Waals surface area contributed by atoms with Crippen molar-refractivity contribution in [1.29, 1.82) is 0 Å². The number of hydrogen-bond acceptors (Lipinski definition) is 1. The summed E-state index contributed by atoms with van der Waals surface area (Å²) in [7, 11) is 0. The summed E-state index contributed by atoms with van der Waals surface area (Å²) in [6, 6.07) is 14.4. The van der Waals surface area contributed by atoms with Crippen molar-refractivity contribution in [3.05, 3.63) is 58.6 Å². The Morgan fingerprint density at radius 3 is 2.41 bits per heavy atom. The highest BCUT2D eigenvalue weighted by molar-refractivity contribution is 6.33. The van der Waals surface area contributed by atoms with Crippen LogP contribution in [0, 0.1) is 6.92 Å². The van der Waals surface area contributed by atoms with Crippen LogP contribution in [0.15, 0.2) is 42.5 Å². The highest BCUT2D eigenvalue weighted by Gasteiger charge is 2.01. The first-order chi connectivity index (χ1) is 8.19. The van der Waals surface area contributed by atoms with Crippen molar-refractivity contribution in [2.45, 2.75) is 20.3 Å². The molecule has 2 aromatic rings. The molecule has 88 valence electrons. The van der Waals surface area contributed by atoms with Crippen molar-refractivity contribution in [1.82, 2.24) is 0 Å². The number of aryl methyl sites for hydroxylation is 2. The smallest absolute Gasteiger partial charge is 0.0641 e. The summed E-state index contributed by atoms with van der Waals surface area (Å²) in [4.78, 5) is 0. The Morgan fingerprint density at radius 2 is 1.76 bits per heavy atom. The second kappa shape index (κ2) is 5.24. The molecular weight excluding hydrogens is 230 g/mol. The minimum absolute atomic E-state index is 0.753. The van der Waals surface area contributed by atoms with Gasteiger partial charge < -0.3 is 5.32 Å². The second-order valence-electron chi connectivity index (χ2n) is 4.16. The van der Waals surface area contributed by atoms with Gasteiger partial charge in [-0.1, -0.05) is 42.3 Å². The van der Waals surface area contributed by atoms with Crippen molar-refractivity contribution in [2.75, 3.05) is 5.32 Å². The molecule has 0 aliphatic heterocycles. The highest BCUT2D eigenvalue weighted by atomic mass is 35.5. The van der Waals surface area contributed by atoms with Crippen LogP contribution in [0.3, 0.4) is 0 Å². The maximum absolute atomic E-state index is 6.17. The molecule has 0 radical (unpaired) electrons. The van der Waals surface area contributed by atoms with Crippen LogP contribution in [-0.4, -0.2) is 0 Å². The van der Waals surface area contributed by atoms with Gasteiger partial charge in [-0.15, -0.1) is 0 Å². The molecule has 0 saturated heterocycles. The number of halogens is 1. The highest BCUT2D eigenvalue weighted by Crippen LogP contribution is 2.26. The number of anilines is 2. The SMILES string of the molecule is CCc1ccc(Cl)c(Nc2ccc(C)cc2)c1. The molecule has 1 N–H and O–H groups in total. The first-order valence-electron chi connectivity index (χ1n) is 5.81. The molecule has 0 aliphatic rings. The van der Waals surface area contributed by atoms with Crippen molar-refractivity contribution in [3.63, 3.8) is 0 Å².